The fraction of sp³-hybridized carbons (Fsp3) is 0.143. The van der Waals surface area contributed by atoms with Gasteiger partial charge in [-0.1, -0.05) is 0 Å². The Kier molecular flexibility index (Phi) is 4.89. The van der Waals surface area contributed by atoms with Crippen LogP contribution in [-0.2, 0) is 4.74 Å². The summed E-state index contributed by atoms with van der Waals surface area (Å²) < 4.78 is 44.5. The van der Waals surface area contributed by atoms with Crippen LogP contribution in [0.2, 0.25) is 0 Å². The Balaban J connectivity index is 2.10. The molecular formula is C14H10F3NO4S. The van der Waals surface area contributed by atoms with Gasteiger partial charge in [0.2, 0.25) is 0 Å². The summed E-state index contributed by atoms with van der Waals surface area (Å²) in [5, 5.41) is 4.39. The molecule has 1 aromatic carbocycles. The van der Waals surface area contributed by atoms with Gasteiger partial charge in [-0.05, 0) is 35.7 Å². The SMILES string of the molecule is COC(=O)c1ccsc1NC(=O)c1ccc(OC(F)(F)F)cc1. The van der Waals surface area contributed by atoms with Gasteiger partial charge in [0.1, 0.15) is 10.8 Å². The highest BCUT2D eigenvalue weighted by atomic mass is 32.1. The Morgan fingerprint density at radius 1 is 1.13 bits per heavy atom. The minimum absolute atomic E-state index is 0.115. The van der Waals surface area contributed by atoms with Gasteiger partial charge in [0.15, 0.2) is 0 Å². The Morgan fingerprint density at radius 3 is 2.35 bits per heavy atom. The van der Waals surface area contributed by atoms with Gasteiger partial charge in [-0.3, -0.25) is 4.79 Å². The fourth-order valence-electron chi connectivity index (χ4n) is 1.66. The van der Waals surface area contributed by atoms with Crippen LogP contribution < -0.4 is 10.1 Å². The number of alkyl halides is 3. The lowest BCUT2D eigenvalue weighted by atomic mass is 10.2. The van der Waals surface area contributed by atoms with E-state index in [2.05, 4.69) is 14.8 Å². The molecule has 9 heteroatoms. The fourth-order valence-corrected chi connectivity index (χ4v) is 2.43. The first-order valence-electron chi connectivity index (χ1n) is 6.13. The molecule has 0 aliphatic carbocycles. The normalized spacial score (nSPS) is 11.0. The van der Waals surface area contributed by atoms with Gasteiger partial charge in [-0.15, -0.1) is 24.5 Å². The van der Waals surface area contributed by atoms with Crippen LogP contribution in [0.1, 0.15) is 20.7 Å². The molecular weight excluding hydrogens is 335 g/mol. The largest absolute Gasteiger partial charge is 0.573 e. The molecule has 0 unspecified atom stereocenters. The molecule has 1 heterocycles. The number of carbonyl (C=O) groups excluding carboxylic acids is 2. The Hall–Kier alpha value is -2.55. The molecule has 1 aromatic heterocycles. The van der Waals surface area contributed by atoms with E-state index < -0.39 is 24.0 Å². The predicted octanol–water partition coefficient (Wildman–Crippen LogP) is 3.69. The van der Waals surface area contributed by atoms with E-state index >= 15 is 0 Å². The van der Waals surface area contributed by atoms with E-state index in [4.69, 9.17) is 0 Å². The van der Waals surface area contributed by atoms with Crippen molar-refractivity contribution in [3.8, 4) is 5.75 Å². The molecule has 2 rings (SSSR count). The minimum Gasteiger partial charge on any atom is -0.465 e. The second-order valence-electron chi connectivity index (χ2n) is 4.18. The third kappa shape index (κ3) is 4.46. The van der Waals surface area contributed by atoms with E-state index in [9.17, 15) is 22.8 Å². The number of anilines is 1. The topological polar surface area (TPSA) is 64.6 Å². The average molecular weight is 345 g/mol. The summed E-state index contributed by atoms with van der Waals surface area (Å²) in [6, 6.07) is 5.91. The maximum Gasteiger partial charge on any atom is 0.573 e. The zero-order valence-corrected chi connectivity index (χ0v) is 12.5. The van der Waals surface area contributed by atoms with E-state index in [0.29, 0.717) is 0 Å². The number of hydrogen-bond donors (Lipinski definition) is 1. The molecule has 2 aromatic rings. The number of halogens is 3. The van der Waals surface area contributed by atoms with Crippen LogP contribution in [0.5, 0.6) is 5.75 Å². The zero-order chi connectivity index (χ0) is 17.0. The van der Waals surface area contributed by atoms with Crippen molar-refractivity contribution in [2.75, 3.05) is 12.4 Å². The number of esters is 1. The third-order valence-corrected chi connectivity index (χ3v) is 3.48. The van der Waals surface area contributed by atoms with Crippen molar-refractivity contribution in [3.63, 3.8) is 0 Å². The second kappa shape index (κ2) is 6.69. The van der Waals surface area contributed by atoms with Crippen molar-refractivity contribution >= 4 is 28.2 Å². The number of thiophene rings is 1. The van der Waals surface area contributed by atoms with Crippen LogP contribution in [-0.4, -0.2) is 25.3 Å². The van der Waals surface area contributed by atoms with Gasteiger partial charge in [-0.25, -0.2) is 4.79 Å². The summed E-state index contributed by atoms with van der Waals surface area (Å²) in [5.41, 5.74) is 0.312. The van der Waals surface area contributed by atoms with E-state index in [1.165, 1.54) is 25.3 Å². The van der Waals surface area contributed by atoms with Gasteiger partial charge in [0.25, 0.3) is 5.91 Å². The minimum atomic E-state index is -4.80. The van der Waals surface area contributed by atoms with Crippen LogP contribution >= 0.6 is 11.3 Å². The average Bonchev–Trinajstić information content (AvgIpc) is 2.93. The van der Waals surface area contributed by atoms with Crippen molar-refractivity contribution < 1.29 is 32.2 Å². The van der Waals surface area contributed by atoms with Gasteiger partial charge in [-0.2, -0.15) is 0 Å². The monoisotopic (exact) mass is 345 g/mol. The molecule has 122 valence electrons. The molecule has 0 saturated heterocycles. The number of benzene rings is 1. The van der Waals surface area contributed by atoms with E-state index in [-0.39, 0.29) is 16.1 Å². The molecule has 0 spiro atoms. The standard InChI is InChI=1S/C14H10F3NO4S/c1-21-13(20)10-6-7-23-12(10)18-11(19)8-2-4-9(5-3-8)22-14(15,16)17/h2-7H,1H3,(H,18,19). The van der Waals surface area contributed by atoms with Crippen molar-refractivity contribution in [1.29, 1.82) is 0 Å². The highest BCUT2D eigenvalue weighted by Crippen LogP contribution is 2.26. The summed E-state index contributed by atoms with van der Waals surface area (Å²) in [6.07, 6.45) is -4.80. The summed E-state index contributed by atoms with van der Waals surface area (Å²) in [6.45, 7) is 0. The van der Waals surface area contributed by atoms with E-state index in [1.807, 2.05) is 0 Å². The molecule has 0 radical (unpaired) electrons. The maximum atomic E-state index is 12.1. The molecule has 1 amide bonds. The number of carbonyl (C=O) groups is 2. The smallest absolute Gasteiger partial charge is 0.465 e. The number of rotatable bonds is 4. The van der Waals surface area contributed by atoms with Crippen molar-refractivity contribution in [2.24, 2.45) is 0 Å². The van der Waals surface area contributed by atoms with Crippen LogP contribution in [0.15, 0.2) is 35.7 Å². The zero-order valence-electron chi connectivity index (χ0n) is 11.6. The summed E-state index contributed by atoms with van der Waals surface area (Å²) >= 11 is 1.12. The van der Waals surface area contributed by atoms with Crippen molar-refractivity contribution in [2.45, 2.75) is 6.36 Å². The number of hydrogen-bond acceptors (Lipinski definition) is 5. The summed E-state index contributed by atoms with van der Waals surface area (Å²) in [4.78, 5) is 23.6. The maximum absolute atomic E-state index is 12.1. The molecule has 0 fully saturated rings. The number of methoxy groups -OCH3 is 1. The van der Waals surface area contributed by atoms with Crippen LogP contribution in [0.25, 0.3) is 0 Å². The summed E-state index contributed by atoms with van der Waals surface area (Å²) in [5.74, 6) is -1.60. The predicted molar refractivity (Wildman–Crippen MR) is 76.7 cm³/mol. The first-order chi connectivity index (χ1) is 10.8. The van der Waals surface area contributed by atoms with Gasteiger partial charge >= 0.3 is 12.3 Å². The lowest BCUT2D eigenvalue weighted by molar-refractivity contribution is -0.274. The molecule has 0 aliphatic heterocycles. The Morgan fingerprint density at radius 2 is 1.78 bits per heavy atom. The Bertz CT molecular complexity index is 710. The molecule has 0 aliphatic rings. The highest BCUT2D eigenvalue weighted by molar-refractivity contribution is 7.14. The molecule has 23 heavy (non-hydrogen) atoms. The van der Waals surface area contributed by atoms with Gasteiger partial charge in [0, 0.05) is 5.56 Å². The van der Waals surface area contributed by atoms with Gasteiger partial charge < -0.3 is 14.8 Å². The second-order valence-corrected chi connectivity index (χ2v) is 5.10. The molecule has 0 saturated carbocycles. The number of amides is 1. The van der Waals surface area contributed by atoms with Gasteiger partial charge in [0.05, 0.1) is 12.7 Å². The quantitative estimate of drug-likeness (QED) is 0.859. The van der Waals surface area contributed by atoms with Crippen LogP contribution in [0.3, 0.4) is 0 Å². The Labute approximate surface area is 132 Å². The lowest BCUT2D eigenvalue weighted by Gasteiger charge is -2.09. The number of ether oxygens (including phenoxy) is 2. The number of nitrogens with one attached hydrogen (secondary N) is 1. The first-order valence-corrected chi connectivity index (χ1v) is 7.01. The third-order valence-electron chi connectivity index (χ3n) is 2.65. The molecule has 0 bridgehead atoms. The molecule has 5 nitrogen and oxygen atoms in total. The first kappa shape index (κ1) is 16.8. The molecule has 1 N–H and O–H groups in total. The van der Waals surface area contributed by atoms with Crippen LogP contribution in [0.4, 0.5) is 18.2 Å². The van der Waals surface area contributed by atoms with E-state index in [0.717, 1.165) is 23.5 Å². The summed E-state index contributed by atoms with van der Waals surface area (Å²) in [7, 11) is 1.21. The van der Waals surface area contributed by atoms with Crippen molar-refractivity contribution in [3.05, 3.63) is 46.8 Å². The van der Waals surface area contributed by atoms with E-state index in [1.54, 1.807) is 5.38 Å². The molecule has 0 atom stereocenters. The van der Waals surface area contributed by atoms with Crippen molar-refractivity contribution in [1.82, 2.24) is 0 Å². The lowest BCUT2D eigenvalue weighted by Crippen LogP contribution is -2.17. The van der Waals surface area contributed by atoms with Crippen LogP contribution in [0, 0.1) is 0 Å². The highest BCUT2D eigenvalue weighted by Gasteiger charge is 2.31.